The lowest BCUT2D eigenvalue weighted by Crippen LogP contribution is -2.17. The predicted molar refractivity (Wildman–Crippen MR) is 90.2 cm³/mol. The Hall–Kier alpha value is -2.17. The molecule has 0 saturated heterocycles. The van der Waals surface area contributed by atoms with Crippen molar-refractivity contribution in [3.8, 4) is 0 Å². The third kappa shape index (κ3) is 4.18. The molecule has 124 valence electrons. The Balaban J connectivity index is 2.26. The number of aromatic nitrogens is 2. The highest BCUT2D eigenvalue weighted by Crippen LogP contribution is 2.34. The van der Waals surface area contributed by atoms with E-state index in [0.717, 1.165) is 12.0 Å². The number of amides is 1. The summed E-state index contributed by atoms with van der Waals surface area (Å²) in [5.41, 5.74) is 2.33. The molecule has 0 aliphatic heterocycles. The van der Waals surface area contributed by atoms with Crippen LogP contribution in [0.2, 0.25) is 0 Å². The summed E-state index contributed by atoms with van der Waals surface area (Å²) in [6.45, 7) is 10.3. The quantitative estimate of drug-likeness (QED) is 0.862. The Morgan fingerprint density at radius 1 is 1.35 bits per heavy atom. The number of anilines is 1. The number of benzene rings is 1. The van der Waals surface area contributed by atoms with Gasteiger partial charge in [0.2, 0.25) is 5.95 Å². The number of carbonyl (C=O) groups excluding carboxylic acids is 1. The first-order chi connectivity index (χ1) is 10.7. The lowest BCUT2D eigenvalue weighted by atomic mass is 9.82. The standard InChI is InChI=1S/C18H24FN3O/c1-11(10-18(3,4)5)13-8-6-7-9-14(13)20-17(23)15-12(2)21-22-16(15)19/h6-9,11H,10H2,1-5H3,(H,20,23)(H,21,22). The third-order valence-electron chi connectivity index (χ3n) is 3.79. The van der Waals surface area contributed by atoms with E-state index in [9.17, 15) is 9.18 Å². The molecule has 1 unspecified atom stereocenters. The number of halogens is 1. The van der Waals surface area contributed by atoms with Gasteiger partial charge in [0.15, 0.2) is 0 Å². The molecule has 0 bridgehead atoms. The minimum Gasteiger partial charge on any atom is -0.322 e. The molecule has 0 fully saturated rings. The van der Waals surface area contributed by atoms with Gasteiger partial charge in [-0.05, 0) is 36.3 Å². The van der Waals surface area contributed by atoms with Gasteiger partial charge < -0.3 is 5.32 Å². The number of aromatic amines is 1. The Morgan fingerprint density at radius 2 is 2.00 bits per heavy atom. The van der Waals surface area contributed by atoms with E-state index in [2.05, 4.69) is 43.2 Å². The maximum atomic E-state index is 13.6. The molecule has 1 heterocycles. The van der Waals surface area contributed by atoms with Crippen LogP contribution in [0.15, 0.2) is 24.3 Å². The van der Waals surface area contributed by atoms with Crippen LogP contribution < -0.4 is 5.32 Å². The minimum absolute atomic E-state index is 0.0386. The van der Waals surface area contributed by atoms with Crippen LogP contribution in [0.3, 0.4) is 0 Å². The van der Waals surface area contributed by atoms with Crippen molar-refractivity contribution in [3.63, 3.8) is 0 Å². The second kappa shape index (κ2) is 6.52. The summed E-state index contributed by atoms with van der Waals surface area (Å²) in [5.74, 6) is -0.980. The molecule has 0 aliphatic rings. The lowest BCUT2D eigenvalue weighted by molar-refractivity contribution is 0.102. The van der Waals surface area contributed by atoms with E-state index >= 15 is 0 Å². The van der Waals surface area contributed by atoms with Gasteiger partial charge in [0.25, 0.3) is 5.91 Å². The van der Waals surface area contributed by atoms with E-state index in [-0.39, 0.29) is 16.9 Å². The van der Waals surface area contributed by atoms with Gasteiger partial charge in [0.05, 0.1) is 0 Å². The molecule has 0 aliphatic carbocycles. The van der Waals surface area contributed by atoms with E-state index < -0.39 is 11.9 Å². The third-order valence-corrected chi connectivity index (χ3v) is 3.79. The van der Waals surface area contributed by atoms with Crippen molar-refractivity contribution < 1.29 is 9.18 Å². The molecule has 1 aromatic carbocycles. The zero-order valence-corrected chi connectivity index (χ0v) is 14.3. The molecule has 0 saturated carbocycles. The maximum Gasteiger partial charge on any atom is 0.262 e. The summed E-state index contributed by atoms with van der Waals surface area (Å²) in [4.78, 5) is 12.4. The smallest absolute Gasteiger partial charge is 0.262 e. The first kappa shape index (κ1) is 17.2. The van der Waals surface area contributed by atoms with Crippen LogP contribution in [-0.2, 0) is 0 Å². The predicted octanol–water partition coefficient (Wildman–Crippen LogP) is 4.65. The number of rotatable bonds is 4. The Bertz CT molecular complexity index is 681. The Morgan fingerprint density at radius 3 is 2.57 bits per heavy atom. The normalized spacial score (nSPS) is 13.0. The molecule has 1 amide bonds. The highest BCUT2D eigenvalue weighted by molar-refractivity contribution is 6.05. The lowest BCUT2D eigenvalue weighted by Gasteiger charge is -2.25. The summed E-state index contributed by atoms with van der Waals surface area (Å²) in [5, 5.41) is 8.74. The van der Waals surface area contributed by atoms with Gasteiger partial charge in [-0.2, -0.15) is 4.39 Å². The summed E-state index contributed by atoms with van der Waals surface area (Å²) in [6, 6.07) is 7.67. The van der Waals surface area contributed by atoms with Crippen molar-refractivity contribution in [2.75, 3.05) is 5.32 Å². The van der Waals surface area contributed by atoms with Crippen LogP contribution in [0.1, 0.15) is 61.6 Å². The molecule has 2 aromatic rings. The zero-order chi connectivity index (χ0) is 17.2. The molecule has 1 aromatic heterocycles. The summed E-state index contributed by atoms with van der Waals surface area (Å²) >= 11 is 0. The van der Waals surface area contributed by atoms with Crippen LogP contribution in [0.4, 0.5) is 10.1 Å². The van der Waals surface area contributed by atoms with E-state index in [0.29, 0.717) is 11.4 Å². The first-order valence-corrected chi connectivity index (χ1v) is 7.80. The summed E-state index contributed by atoms with van der Waals surface area (Å²) in [7, 11) is 0. The molecular weight excluding hydrogens is 293 g/mol. The second-order valence-electron chi connectivity index (χ2n) is 7.22. The van der Waals surface area contributed by atoms with Gasteiger partial charge >= 0.3 is 0 Å². The fourth-order valence-corrected chi connectivity index (χ4v) is 2.92. The average Bonchev–Trinajstić information content (AvgIpc) is 2.76. The first-order valence-electron chi connectivity index (χ1n) is 7.80. The van der Waals surface area contributed by atoms with Crippen LogP contribution in [0, 0.1) is 18.3 Å². The van der Waals surface area contributed by atoms with E-state index in [1.54, 1.807) is 6.92 Å². The largest absolute Gasteiger partial charge is 0.322 e. The topological polar surface area (TPSA) is 57.8 Å². The van der Waals surface area contributed by atoms with Crippen molar-refractivity contribution in [2.24, 2.45) is 5.41 Å². The molecule has 4 nitrogen and oxygen atoms in total. The van der Waals surface area contributed by atoms with Crippen molar-refractivity contribution in [3.05, 3.63) is 47.0 Å². The number of nitrogens with zero attached hydrogens (tertiary/aromatic N) is 1. The van der Waals surface area contributed by atoms with E-state index in [1.165, 1.54) is 0 Å². The number of nitrogens with one attached hydrogen (secondary N) is 2. The van der Waals surface area contributed by atoms with Crippen LogP contribution in [0.5, 0.6) is 0 Å². The number of aryl methyl sites for hydroxylation is 1. The van der Waals surface area contributed by atoms with Crippen molar-refractivity contribution in [1.82, 2.24) is 10.2 Å². The maximum absolute atomic E-state index is 13.6. The molecule has 23 heavy (non-hydrogen) atoms. The zero-order valence-electron chi connectivity index (χ0n) is 14.3. The fraction of sp³-hybridized carbons (Fsp3) is 0.444. The molecule has 5 heteroatoms. The van der Waals surface area contributed by atoms with Crippen LogP contribution >= 0.6 is 0 Å². The highest BCUT2D eigenvalue weighted by atomic mass is 19.1. The van der Waals surface area contributed by atoms with Crippen molar-refractivity contribution >= 4 is 11.6 Å². The van der Waals surface area contributed by atoms with E-state index in [4.69, 9.17) is 0 Å². The number of hydrogen-bond donors (Lipinski definition) is 2. The molecule has 0 spiro atoms. The van der Waals surface area contributed by atoms with Crippen LogP contribution in [0.25, 0.3) is 0 Å². The monoisotopic (exact) mass is 317 g/mol. The van der Waals surface area contributed by atoms with Crippen molar-refractivity contribution in [2.45, 2.75) is 47.0 Å². The fourth-order valence-electron chi connectivity index (χ4n) is 2.92. The molecule has 2 rings (SSSR count). The van der Waals surface area contributed by atoms with Gasteiger partial charge in [0, 0.05) is 11.4 Å². The number of para-hydroxylation sites is 1. The van der Waals surface area contributed by atoms with Gasteiger partial charge in [-0.1, -0.05) is 45.9 Å². The summed E-state index contributed by atoms with van der Waals surface area (Å²) < 4.78 is 13.6. The van der Waals surface area contributed by atoms with Gasteiger partial charge in [0.1, 0.15) is 5.56 Å². The molecule has 0 radical (unpaired) electrons. The highest BCUT2D eigenvalue weighted by Gasteiger charge is 2.22. The molecular formula is C18H24FN3O. The van der Waals surface area contributed by atoms with Gasteiger partial charge in [-0.15, -0.1) is 5.10 Å². The average molecular weight is 317 g/mol. The molecule has 2 N–H and O–H groups in total. The van der Waals surface area contributed by atoms with Crippen molar-refractivity contribution in [1.29, 1.82) is 0 Å². The summed E-state index contributed by atoms with van der Waals surface area (Å²) in [6.07, 6.45) is 0.985. The second-order valence-corrected chi connectivity index (χ2v) is 7.22. The van der Waals surface area contributed by atoms with E-state index in [1.807, 2.05) is 24.3 Å². The number of hydrogen-bond acceptors (Lipinski definition) is 2. The number of carbonyl (C=O) groups is 1. The Labute approximate surface area is 136 Å². The number of H-pyrrole nitrogens is 1. The van der Waals surface area contributed by atoms with Gasteiger partial charge in [-0.25, -0.2) is 0 Å². The minimum atomic E-state index is -0.778. The Kier molecular flexibility index (Phi) is 4.88. The van der Waals surface area contributed by atoms with Gasteiger partial charge in [-0.3, -0.25) is 9.89 Å². The SMILES string of the molecule is Cc1[nH]nc(F)c1C(=O)Nc1ccccc1C(C)CC(C)(C)C. The van der Waals surface area contributed by atoms with Crippen LogP contribution in [-0.4, -0.2) is 16.1 Å². The molecule has 1 atom stereocenters.